The molecule has 0 aliphatic carbocycles. The third-order valence-electron chi connectivity index (χ3n) is 2.73. The lowest BCUT2D eigenvalue weighted by Crippen LogP contribution is -2.17. The van der Waals surface area contributed by atoms with Crippen LogP contribution in [0.2, 0.25) is 0 Å². The minimum absolute atomic E-state index is 0.328. The molecule has 1 N–H and O–H groups in total. The van der Waals surface area contributed by atoms with Crippen LogP contribution in [0.25, 0.3) is 0 Å². The fourth-order valence-corrected chi connectivity index (χ4v) is 2.45. The predicted octanol–water partition coefficient (Wildman–Crippen LogP) is 3.11. The van der Waals surface area contributed by atoms with Crippen LogP contribution in [0.15, 0.2) is 12.2 Å². The fourth-order valence-electron chi connectivity index (χ4n) is 1.65. The monoisotopic (exact) mass is 239 g/mol. The standard InChI is InChI=1S/C12H21N3S/c1-5-7-10-12(16-15-14-10)11(13-4)8-9(3)6-2/h11,13H,3,5-8H2,1-2,4H3. The second-order valence-electron chi connectivity index (χ2n) is 3.98. The molecule has 1 rings (SSSR count). The summed E-state index contributed by atoms with van der Waals surface area (Å²) in [6, 6.07) is 0.328. The van der Waals surface area contributed by atoms with E-state index in [1.54, 1.807) is 0 Å². The lowest BCUT2D eigenvalue weighted by molar-refractivity contribution is 0.584. The first-order valence-corrected chi connectivity index (χ1v) is 6.65. The molecular weight excluding hydrogens is 218 g/mol. The number of rotatable bonds is 7. The zero-order valence-corrected chi connectivity index (χ0v) is 11.2. The molecule has 1 aromatic heterocycles. The van der Waals surface area contributed by atoms with E-state index >= 15 is 0 Å². The average Bonchev–Trinajstić information content (AvgIpc) is 2.74. The lowest BCUT2D eigenvalue weighted by Gasteiger charge is -2.16. The molecule has 0 aliphatic heterocycles. The third-order valence-corrected chi connectivity index (χ3v) is 3.61. The second-order valence-corrected chi connectivity index (χ2v) is 4.77. The van der Waals surface area contributed by atoms with Crippen molar-refractivity contribution < 1.29 is 0 Å². The maximum Gasteiger partial charge on any atom is 0.0803 e. The summed E-state index contributed by atoms with van der Waals surface area (Å²) >= 11 is 1.51. The molecule has 16 heavy (non-hydrogen) atoms. The predicted molar refractivity (Wildman–Crippen MR) is 69.8 cm³/mol. The molecule has 1 heterocycles. The molecule has 3 nitrogen and oxygen atoms in total. The Kier molecular flexibility index (Phi) is 5.63. The molecule has 0 spiro atoms. The quantitative estimate of drug-likeness (QED) is 0.743. The fraction of sp³-hybridized carbons (Fsp3) is 0.667. The Bertz CT molecular complexity index is 333. The summed E-state index contributed by atoms with van der Waals surface area (Å²) in [5.41, 5.74) is 2.42. The van der Waals surface area contributed by atoms with E-state index in [0.29, 0.717) is 6.04 Å². The largest absolute Gasteiger partial charge is 0.312 e. The Morgan fingerprint density at radius 1 is 1.50 bits per heavy atom. The topological polar surface area (TPSA) is 37.8 Å². The van der Waals surface area contributed by atoms with Crippen LogP contribution >= 0.6 is 11.5 Å². The molecule has 0 aliphatic rings. The first kappa shape index (κ1) is 13.3. The van der Waals surface area contributed by atoms with Gasteiger partial charge in [0.05, 0.1) is 10.6 Å². The highest BCUT2D eigenvalue weighted by atomic mass is 32.1. The van der Waals surface area contributed by atoms with Gasteiger partial charge in [-0.1, -0.05) is 36.9 Å². The smallest absolute Gasteiger partial charge is 0.0803 e. The van der Waals surface area contributed by atoms with E-state index in [4.69, 9.17) is 0 Å². The summed E-state index contributed by atoms with van der Waals surface area (Å²) in [4.78, 5) is 1.28. The van der Waals surface area contributed by atoms with Gasteiger partial charge in [0.2, 0.25) is 0 Å². The van der Waals surface area contributed by atoms with Gasteiger partial charge in [0.15, 0.2) is 0 Å². The van der Waals surface area contributed by atoms with Crippen LogP contribution in [-0.2, 0) is 6.42 Å². The van der Waals surface area contributed by atoms with Crippen LogP contribution in [0, 0.1) is 0 Å². The normalized spacial score (nSPS) is 12.7. The zero-order chi connectivity index (χ0) is 12.0. The molecule has 0 radical (unpaired) electrons. The van der Waals surface area contributed by atoms with E-state index in [0.717, 1.165) is 31.4 Å². The molecule has 0 aromatic carbocycles. The van der Waals surface area contributed by atoms with Crippen molar-refractivity contribution in [3.63, 3.8) is 0 Å². The molecule has 0 saturated carbocycles. The van der Waals surface area contributed by atoms with Crippen molar-refractivity contribution in [1.29, 1.82) is 0 Å². The molecule has 1 unspecified atom stereocenters. The number of hydrogen-bond acceptors (Lipinski definition) is 4. The van der Waals surface area contributed by atoms with Gasteiger partial charge in [-0.15, -0.1) is 5.10 Å². The molecule has 0 saturated heterocycles. The third kappa shape index (κ3) is 3.39. The van der Waals surface area contributed by atoms with Gasteiger partial charge in [0, 0.05) is 6.04 Å². The van der Waals surface area contributed by atoms with Crippen molar-refractivity contribution in [2.24, 2.45) is 0 Å². The summed E-state index contributed by atoms with van der Waals surface area (Å²) in [5, 5.41) is 7.54. The van der Waals surface area contributed by atoms with Crippen LogP contribution in [0.1, 0.15) is 49.7 Å². The average molecular weight is 239 g/mol. The van der Waals surface area contributed by atoms with Crippen molar-refractivity contribution in [2.45, 2.75) is 45.6 Å². The van der Waals surface area contributed by atoms with Crippen molar-refractivity contribution in [2.75, 3.05) is 7.05 Å². The minimum Gasteiger partial charge on any atom is -0.312 e. The van der Waals surface area contributed by atoms with Gasteiger partial charge in [0.25, 0.3) is 0 Å². The molecule has 1 aromatic rings. The Hall–Kier alpha value is -0.740. The van der Waals surface area contributed by atoms with Crippen molar-refractivity contribution >= 4 is 11.5 Å². The summed E-state index contributed by atoms with van der Waals surface area (Å²) in [5.74, 6) is 0. The van der Waals surface area contributed by atoms with Crippen LogP contribution < -0.4 is 5.32 Å². The van der Waals surface area contributed by atoms with E-state index in [1.165, 1.54) is 22.0 Å². The van der Waals surface area contributed by atoms with Gasteiger partial charge in [-0.25, -0.2) is 0 Å². The second kappa shape index (κ2) is 6.76. The van der Waals surface area contributed by atoms with Crippen molar-refractivity contribution in [3.05, 3.63) is 22.7 Å². The molecular formula is C12H21N3S. The minimum atomic E-state index is 0.328. The number of aromatic nitrogens is 2. The van der Waals surface area contributed by atoms with Crippen molar-refractivity contribution in [3.8, 4) is 0 Å². The zero-order valence-electron chi connectivity index (χ0n) is 10.4. The van der Waals surface area contributed by atoms with E-state index in [-0.39, 0.29) is 0 Å². The van der Waals surface area contributed by atoms with Gasteiger partial charge >= 0.3 is 0 Å². The Labute approximate surface area is 102 Å². The molecule has 4 heteroatoms. The van der Waals surface area contributed by atoms with Crippen molar-refractivity contribution in [1.82, 2.24) is 14.9 Å². The Balaban J connectivity index is 2.77. The molecule has 0 amide bonds. The van der Waals surface area contributed by atoms with Gasteiger partial charge in [-0.3, -0.25) is 0 Å². The summed E-state index contributed by atoms with van der Waals surface area (Å²) in [6.45, 7) is 8.39. The molecule has 1 atom stereocenters. The summed E-state index contributed by atoms with van der Waals surface area (Å²) < 4.78 is 4.06. The SMILES string of the molecule is C=C(CC)CC(NC)c1snnc1CCC. The van der Waals surface area contributed by atoms with Crippen LogP contribution in [0.5, 0.6) is 0 Å². The van der Waals surface area contributed by atoms with Gasteiger partial charge < -0.3 is 5.32 Å². The number of hydrogen-bond donors (Lipinski definition) is 1. The van der Waals surface area contributed by atoms with Crippen LogP contribution in [-0.4, -0.2) is 16.6 Å². The van der Waals surface area contributed by atoms with Gasteiger partial charge in [0.1, 0.15) is 0 Å². The number of aryl methyl sites for hydroxylation is 1. The summed E-state index contributed by atoms with van der Waals surface area (Å²) in [6.07, 6.45) is 4.15. The Morgan fingerprint density at radius 2 is 2.25 bits per heavy atom. The summed E-state index contributed by atoms with van der Waals surface area (Å²) in [7, 11) is 1.99. The Morgan fingerprint density at radius 3 is 2.81 bits per heavy atom. The van der Waals surface area contributed by atoms with E-state index in [2.05, 4.69) is 35.3 Å². The highest BCUT2D eigenvalue weighted by molar-refractivity contribution is 7.05. The molecule has 0 fully saturated rings. The number of nitrogens with one attached hydrogen (secondary N) is 1. The van der Waals surface area contributed by atoms with Gasteiger partial charge in [-0.2, -0.15) is 0 Å². The van der Waals surface area contributed by atoms with E-state index < -0.39 is 0 Å². The van der Waals surface area contributed by atoms with Crippen LogP contribution in [0.4, 0.5) is 0 Å². The number of nitrogens with zero attached hydrogens (tertiary/aromatic N) is 2. The van der Waals surface area contributed by atoms with Gasteiger partial charge in [-0.05, 0) is 37.8 Å². The van der Waals surface area contributed by atoms with Crippen LogP contribution in [0.3, 0.4) is 0 Å². The van der Waals surface area contributed by atoms with E-state index in [1.807, 2.05) is 7.05 Å². The van der Waals surface area contributed by atoms with E-state index in [9.17, 15) is 0 Å². The maximum absolute atomic E-state index is 4.21. The lowest BCUT2D eigenvalue weighted by atomic mass is 10.0. The maximum atomic E-state index is 4.21. The molecule has 90 valence electrons. The first-order chi connectivity index (χ1) is 7.72. The first-order valence-electron chi connectivity index (χ1n) is 5.87. The highest BCUT2D eigenvalue weighted by Gasteiger charge is 2.17. The highest BCUT2D eigenvalue weighted by Crippen LogP contribution is 2.27. The molecule has 0 bridgehead atoms.